The molecule has 1 heterocycles. The van der Waals surface area contributed by atoms with Crippen LogP contribution in [0, 0.1) is 0 Å². The molecule has 32 heavy (non-hydrogen) atoms. The zero-order chi connectivity index (χ0) is 23.3. The molecule has 0 spiro atoms. The van der Waals surface area contributed by atoms with Crippen molar-refractivity contribution in [2.45, 2.75) is 32.5 Å². The Hall–Kier alpha value is -3.69. The molecule has 7 nitrogen and oxygen atoms in total. The molecule has 0 saturated heterocycles. The van der Waals surface area contributed by atoms with Crippen molar-refractivity contribution in [1.29, 1.82) is 0 Å². The van der Waals surface area contributed by atoms with E-state index < -0.39 is 29.8 Å². The van der Waals surface area contributed by atoms with Crippen molar-refractivity contribution in [2.75, 3.05) is 11.9 Å². The molecule has 0 saturated carbocycles. The van der Waals surface area contributed by atoms with E-state index in [0.717, 1.165) is 12.1 Å². The van der Waals surface area contributed by atoms with Gasteiger partial charge in [-0.1, -0.05) is 18.2 Å². The van der Waals surface area contributed by atoms with Crippen LogP contribution in [0.1, 0.15) is 24.6 Å². The number of hydrogen-bond donors (Lipinski definition) is 2. The van der Waals surface area contributed by atoms with Crippen molar-refractivity contribution in [1.82, 2.24) is 14.9 Å². The van der Waals surface area contributed by atoms with Crippen LogP contribution < -0.4 is 16.2 Å². The molecule has 2 aromatic carbocycles. The van der Waals surface area contributed by atoms with Gasteiger partial charge in [-0.3, -0.25) is 19.0 Å². The van der Waals surface area contributed by atoms with Gasteiger partial charge in [-0.2, -0.15) is 13.2 Å². The van der Waals surface area contributed by atoms with E-state index in [1.54, 1.807) is 31.2 Å². The zero-order valence-electron chi connectivity index (χ0n) is 17.2. The summed E-state index contributed by atoms with van der Waals surface area (Å²) in [5, 5.41) is 5.04. The van der Waals surface area contributed by atoms with Crippen LogP contribution in [0.15, 0.2) is 53.3 Å². The zero-order valence-corrected chi connectivity index (χ0v) is 17.2. The Morgan fingerprint density at radius 3 is 2.53 bits per heavy atom. The number of alkyl halides is 3. The van der Waals surface area contributed by atoms with Crippen LogP contribution in [0.25, 0.3) is 11.0 Å². The molecule has 0 aliphatic heterocycles. The fourth-order valence-corrected chi connectivity index (χ4v) is 3.20. The summed E-state index contributed by atoms with van der Waals surface area (Å²) in [7, 11) is 0. The van der Waals surface area contributed by atoms with Gasteiger partial charge in [-0.05, 0) is 37.3 Å². The van der Waals surface area contributed by atoms with E-state index >= 15 is 0 Å². The molecular weight excluding hydrogens is 425 g/mol. The Balaban J connectivity index is 1.87. The third-order valence-electron chi connectivity index (χ3n) is 4.66. The number of aryl methyl sites for hydroxylation is 1. The highest BCUT2D eigenvalue weighted by Gasteiger charge is 2.30. The van der Waals surface area contributed by atoms with Gasteiger partial charge in [-0.15, -0.1) is 0 Å². The first-order valence-electron chi connectivity index (χ1n) is 9.91. The minimum absolute atomic E-state index is 0.0345. The SMILES string of the molecule is CCNC(=O)CCc1nc2ccccc2n(CC(=O)Nc2cccc(C(F)(F)F)c2)c1=O. The first-order chi connectivity index (χ1) is 15.2. The number of carbonyl (C=O) groups excluding carboxylic acids is 2. The summed E-state index contributed by atoms with van der Waals surface area (Å²) in [6, 6.07) is 10.9. The van der Waals surface area contributed by atoms with Gasteiger partial charge in [-0.25, -0.2) is 4.98 Å². The molecule has 0 unspecified atom stereocenters. The maximum absolute atomic E-state index is 13.0. The van der Waals surface area contributed by atoms with E-state index in [1.165, 1.54) is 16.7 Å². The van der Waals surface area contributed by atoms with Crippen molar-refractivity contribution in [3.8, 4) is 0 Å². The minimum atomic E-state index is -4.54. The Morgan fingerprint density at radius 2 is 1.81 bits per heavy atom. The summed E-state index contributed by atoms with van der Waals surface area (Å²) in [6.45, 7) is 1.82. The van der Waals surface area contributed by atoms with Crippen LogP contribution in [0.4, 0.5) is 18.9 Å². The van der Waals surface area contributed by atoms with Crippen LogP contribution in [0.3, 0.4) is 0 Å². The highest BCUT2D eigenvalue weighted by Crippen LogP contribution is 2.30. The average molecular weight is 446 g/mol. The van der Waals surface area contributed by atoms with Gasteiger partial charge in [0.2, 0.25) is 11.8 Å². The first-order valence-corrected chi connectivity index (χ1v) is 9.91. The summed E-state index contributed by atoms with van der Waals surface area (Å²) < 4.78 is 39.9. The standard InChI is InChI=1S/C22H21F3N4O3/c1-2-26-19(30)11-10-17-21(32)29(18-9-4-3-8-16(18)28-17)13-20(31)27-15-7-5-6-14(12-15)22(23,24)25/h3-9,12H,2,10-11,13H2,1H3,(H,26,30)(H,27,31). The highest BCUT2D eigenvalue weighted by molar-refractivity contribution is 5.91. The summed E-state index contributed by atoms with van der Waals surface area (Å²) >= 11 is 0. The van der Waals surface area contributed by atoms with Gasteiger partial charge in [0, 0.05) is 25.1 Å². The smallest absolute Gasteiger partial charge is 0.356 e. The highest BCUT2D eigenvalue weighted by atomic mass is 19.4. The predicted molar refractivity (Wildman–Crippen MR) is 113 cm³/mol. The number of benzene rings is 2. The lowest BCUT2D eigenvalue weighted by atomic mass is 10.2. The van der Waals surface area contributed by atoms with Gasteiger partial charge in [0.1, 0.15) is 12.2 Å². The predicted octanol–water partition coefficient (Wildman–Crippen LogP) is 3.12. The van der Waals surface area contributed by atoms with Crippen LogP contribution in [0.2, 0.25) is 0 Å². The van der Waals surface area contributed by atoms with Gasteiger partial charge in [0.05, 0.1) is 16.6 Å². The van der Waals surface area contributed by atoms with E-state index in [-0.39, 0.29) is 30.1 Å². The number of carbonyl (C=O) groups is 2. The van der Waals surface area contributed by atoms with Crippen LogP contribution >= 0.6 is 0 Å². The number of amides is 2. The third-order valence-corrected chi connectivity index (χ3v) is 4.66. The Bertz CT molecular complexity index is 1200. The molecule has 0 aliphatic carbocycles. The Labute approximate surface area is 181 Å². The molecule has 0 fully saturated rings. The Kier molecular flexibility index (Phi) is 6.92. The van der Waals surface area contributed by atoms with Crippen LogP contribution in [0.5, 0.6) is 0 Å². The van der Waals surface area contributed by atoms with E-state index in [1.807, 2.05) is 0 Å². The molecule has 0 bridgehead atoms. The van der Waals surface area contributed by atoms with Gasteiger partial charge >= 0.3 is 6.18 Å². The second-order valence-electron chi connectivity index (χ2n) is 7.02. The average Bonchev–Trinajstić information content (AvgIpc) is 2.74. The van der Waals surface area contributed by atoms with Crippen molar-refractivity contribution < 1.29 is 22.8 Å². The number of hydrogen-bond acceptors (Lipinski definition) is 4. The summed E-state index contributed by atoms with van der Waals surface area (Å²) in [6.07, 6.45) is -4.40. The molecule has 168 valence electrons. The summed E-state index contributed by atoms with van der Waals surface area (Å²) in [5.41, 5.74) is -0.473. The number of halogens is 3. The lowest BCUT2D eigenvalue weighted by Gasteiger charge is -2.13. The molecule has 0 radical (unpaired) electrons. The molecule has 2 N–H and O–H groups in total. The lowest BCUT2D eigenvalue weighted by molar-refractivity contribution is -0.137. The van der Waals surface area contributed by atoms with E-state index in [2.05, 4.69) is 15.6 Å². The molecular formula is C22H21F3N4O3. The monoisotopic (exact) mass is 446 g/mol. The fourth-order valence-electron chi connectivity index (χ4n) is 3.20. The van der Waals surface area contributed by atoms with Crippen molar-refractivity contribution in [3.05, 3.63) is 70.1 Å². The number of anilines is 1. The summed E-state index contributed by atoms with van der Waals surface area (Å²) in [4.78, 5) is 41.6. The Morgan fingerprint density at radius 1 is 1.06 bits per heavy atom. The molecule has 1 aromatic heterocycles. The van der Waals surface area contributed by atoms with Crippen molar-refractivity contribution in [3.63, 3.8) is 0 Å². The van der Waals surface area contributed by atoms with E-state index in [4.69, 9.17) is 0 Å². The van der Waals surface area contributed by atoms with Gasteiger partial charge < -0.3 is 10.6 Å². The van der Waals surface area contributed by atoms with Crippen LogP contribution in [-0.4, -0.2) is 27.9 Å². The molecule has 3 rings (SSSR count). The lowest BCUT2D eigenvalue weighted by Crippen LogP contribution is -2.32. The van der Waals surface area contributed by atoms with Crippen LogP contribution in [-0.2, 0) is 28.7 Å². The van der Waals surface area contributed by atoms with Crippen molar-refractivity contribution in [2.24, 2.45) is 0 Å². The summed E-state index contributed by atoms with van der Waals surface area (Å²) in [5.74, 6) is -0.895. The quantitative estimate of drug-likeness (QED) is 0.583. The maximum Gasteiger partial charge on any atom is 0.416 e. The number of para-hydroxylation sites is 2. The number of fused-ring (bicyclic) bond motifs is 1. The maximum atomic E-state index is 13.0. The topological polar surface area (TPSA) is 93.1 Å². The normalized spacial score (nSPS) is 11.4. The molecule has 10 heteroatoms. The van der Waals surface area contributed by atoms with E-state index in [0.29, 0.717) is 17.6 Å². The minimum Gasteiger partial charge on any atom is -0.356 e. The number of aromatic nitrogens is 2. The number of rotatable bonds is 7. The largest absolute Gasteiger partial charge is 0.416 e. The van der Waals surface area contributed by atoms with E-state index in [9.17, 15) is 27.6 Å². The first kappa shape index (κ1) is 23.0. The number of nitrogens with one attached hydrogen (secondary N) is 2. The third kappa shape index (κ3) is 5.51. The van der Waals surface area contributed by atoms with Gasteiger partial charge in [0.25, 0.3) is 5.56 Å². The molecule has 2 amide bonds. The molecule has 3 aromatic rings. The molecule has 0 aliphatic rings. The second kappa shape index (κ2) is 9.63. The van der Waals surface area contributed by atoms with Gasteiger partial charge in [0.15, 0.2) is 0 Å². The van der Waals surface area contributed by atoms with Crippen molar-refractivity contribution >= 4 is 28.5 Å². The molecule has 0 atom stereocenters. The number of nitrogens with zero attached hydrogens (tertiary/aromatic N) is 2. The second-order valence-corrected chi connectivity index (χ2v) is 7.02. The fraction of sp³-hybridized carbons (Fsp3) is 0.273.